The number of hydroxylamine groups is 1. The van der Waals surface area contributed by atoms with Crippen LogP contribution >= 0.6 is 9.24 Å². The first-order chi connectivity index (χ1) is 18.9. The van der Waals surface area contributed by atoms with Crippen molar-refractivity contribution < 1.29 is 14.4 Å². The van der Waals surface area contributed by atoms with Gasteiger partial charge in [0.1, 0.15) is 13.1 Å². The summed E-state index contributed by atoms with van der Waals surface area (Å²) in [4.78, 5) is 25.0. The van der Waals surface area contributed by atoms with Gasteiger partial charge in [0.15, 0.2) is 0 Å². The van der Waals surface area contributed by atoms with Crippen molar-refractivity contribution in [3.05, 3.63) is 23.3 Å². The van der Waals surface area contributed by atoms with Crippen molar-refractivity contribution in [1.82, 2.24) is 16.0 Å². The number of rotatable bonds is 16. The molecule has 1 aromatic rings. The zero-order chi connectivity index (χ0) is 30.1. The molecule has 0 spiro atoms. The van der Waals surface area contributed by atoms with Gasteiger partial charge in [-0.3, -0.25) is 9.90 Å². The number of aryl methyl sites for hydroxylation is 1. The van der Waals surface area contributed by atoms with Crippen molar-refractivity contribution in [2.45, 2.75) is 113 Å². The molecular formula is C31H61N4O3P. The van der Waals surface area contributed by atoms with Gasteiger partial charge >= 0.3 is 0 Å². The van der Waals surface area contributed by atoms with E-state index in [0.717, 1.165) is 43.9 Å². The van der Waals surface area contributed by atoms with Crippen molar-refractivity contribution in [3.8, 4) is 0 Å². The summed E-state index contributed by atoms with van der Waals surface area (Å²) in [5, 5.41) is 13.9. The number of hydrogen-bond donors (Lipinski definition) is 3. The van der Waals surface area contributed by atoms with Crippen LogP contribution in [0, 0.1) is 12.8 Å². The van der Waals surface area contributed by atoms with Crippen LogP contribution in [0.5, 0.6) is 0 Å². The molecule has 3 N–H and O–H groups in total. The summed E-state index contributed by atoms with van der Waals surface area (Å²) < 4.78 is 0. The topological polar surface area (TPSA) is 82.7 Å². The summed E-state index contributed by atoms with van der Waals surface area (Å²) in [7, 11) is 2.88. The first-order valence-corrected chi connectivity index (χ1v) is 15.7. The molecule has 1 fully saturated rings. The van der Waals surface area contributed by atoms with Crippen LogP contribution in [-0.4, -0.2) is 57.9 Å². The Balaban J connectivity index is 0. The van der Waals surface area contributed by atoms with E-state index in [1.54, 1.807) is 0 Å². The van der Waals surface area contributed by atoms with E-state index in [2.05, 4.69) is 51.2 Å². The van der Waals surface area contributed by atoms with Crippen molar-refractivity contribution in [2.24, 2.45) is 5.92 Å². The van der Waals surface area contributed by atoms with Crippen LogP contribution in [0.3, 0.4) is 0 Å². The molecule has 228 valence electrons. The molecule has 2 unspecified atom stereocenters. The number of hydrogen-bond acceptors (Lipinski definition) is 7. The smallest absolute Gasteiger partial charge is 0.120 e. The second-order valence-electron chi connectivity index (χ2n) is 9.69. The number of nitrogens with one attached hydrogen (secondary N) is 3. The maximum Gasteiger partial charge on any atom is 0.120 e. The molecule has 0 aromatic heterocycles. The van der Waals surface area contributed by atoms with E-state index in [4.69, 9.17) is 9.63 Å². The normalized spacial score (nSPS) is 13.7. The van der Waals surface area contributed by atoms with Gasteiger partial charge in [-0.05, 0) is 121 Å². The molecule has 8 heteroatoms. The van der Waals surface area contributed by atoms with E-state index in [1.807, 2.05) is 53.4 Å². The Kier molecular flexibility index (Phi) is 27.4. The number of nitrogens with zero attached hydrogens (tertiary/aromatic N) is 1. The Morgan fingerprint density at radius 2 is 1.67 bits per heavy atom. The highest BCUT2D eigenvalue weighted by atomic mass is 31.0. The van der Waals surface area contributed by atoms with Gasteiger partial charge in [0, 0.05) is 13.0 Å². The summed E-state index contributed by atoms with van der Waals surface area (Å²) in [5.74, 6) is 0.853. The van der Waals surface area contributed by atoms with E-state index < -0.39 is 0 Å². The number of carbonyl (C=O) groups is 2. The van der Waals surface area contributed by atoms with Crippen LogP contribution in [0.25, 0.3) is 0 Å². The van der Waals surface area contributed by atoms with Crippen LogP contribution in [-0.2, 0) is 21.0 Å². The molecule has 2 rings (SSSR count). The third-order valence-electron chi connectivity index (χ3n) is 6.29. The molecule has 0 radical (unpaired) electrons. The minimum absolute atomic E-state index is 0.0755. The van der Waals surface area contributed by atoms with Gasteiger partial charge in [-0.25, -0.2) is 0 Å². The molecule has 2 atom stereocenters. The highest BCUT2D eigenvalue weighted by Crippen LogP contribution is 2.26. The Morgan fingerprint density at radius 1 is 1.08 bits per heavy atom. The van der Waals surface area contributed by atoms with Gasteiger partial charge in [-0.2, -0.15) is 0 Å². The molecule has 0 saturated carbocycles. The molecule has 7 nitrogen and oxygen atoms in total. The average Bonchev–Trinajstić information content (AvgIpc) is 2.97. The van der Waals surface area contributed by atoms with Crippen molar-refractivity contribution in [2.75, 3.05) is 37.8 Å². The fourth-order valence-corrected chi connectivity index (χ4v) is 4.67. The Labute approximate surface area is 243 Å². The standard InChI is InChI=1S/C26H47N4O2P.2C2H6.CH2O/c1-20(2)32-30(22(4)8-7-15-31)25-17-26(33)24(16-21(25)3)19-29-12-6-5-11-28-18-23-9-13-27-14-10-23;3*1-2/h15-17,20,22-23,27-29H,5-14,18-19,33H2,1-4H3;2*1-2H3;1H2. The van der Waals surface area contributed by atoms with Gasteiger partial charge in [0.25, 0.3) is 0 Å². The van der Waals surface area contributed by atoms with Gasteiger partial charge in [-0.15, -0.1) is 9.24 Å². The second-order valence-corrected chi connectivity index (χ2v) is 10.3. The predicted octanol–water partition coefficient (Wildman–Crippen LogP) is 5.34. The minimum atomic E-state index is 0.0755. The largest absolute Gasteiger partial charge is 0.317 e. The zero-order valence-electron chi connectivity index (χ0n) is 26.4. The maximum absolute atomic E-state index is 10.8. The maximum atomic E-state index is 10.8. The average molecular weight is 569 g/mol. The summed E-state index contributed by atoms with van der Waals surface area (Å²) in [5.41, 5.74) is 3.57. The molecule has 1 heterocycles. The first kappa shape index (κ1) is 39.8. The molecule has 0 aliphatic carbocycles. The van der Waals surface area contributed by atoms with Gasteiger partial charge < -0.3 is 25.5 Å². The number of anilines is 1. The van der Waals surface area contributed by atoms with Gasteiger partial charge in [-0.1, -0.05) is 33.8 Å². The van der Waals surface area contributed by atoms with Crippen molar-refractivity contribution in [1.29, 1.82) is 0 Å². The highest BCUT2D eigenvalue weighted by molar-refractivity contribution is 7.27. The van der Waals surface area contributed by atoms with E-state index in [1.165, 1.54) is 61.7 Å². The number of piperidine rings is 1. The summed E-state index contributed by atoms with van der Waals surface area (Å²) >= 11 is 0. The Hall–Kier alpha value is -1.37. The molecule has 0 bridgehead atoms. The SMILES string of the molecule is C=O.CC.CC.Cc1cc(CNCCCCNCC2CCNCC2)c(P)cc1N(OC(C)C)C(C)CCC=O. The van der Waals surface area contributed by atoms with E-state index in [9.17, 15) is 4.79 Å². The Morgan fingerprint density at radius 3 is 2.23 bits per heavy atom. The third kappa shape index (κ3) is 17.8. The second kappa shape index (κ2) is 26.8. The molecule has 39 heavy (non-hydrogen) atoms. The molecule has 1 aliphatic heterocycles. The van der Waals surface area contributed by atoms with Gasteiger partial charge in [0.2, 0.25) is 0 Å². The van der Waals surface area contributed by atoms with Crippen LogP contribution in [0.4, 0.5) is 5.69 Å². The number of aldehydes is 1. The number of carbonyl (C=O) groups excluding carboxylic acids is 2. The molecule has 1 saturated heterocycles. The number of unbranched alkanes of at least 4 members (excludes halogenated alkanes) is 1. The fourth-order valence-electron chi connectivity index (χ4n) is 4.33. The zero-order valence-corrected chi connectivity index (χ0v) is 27.6. The first-order valence-electron chi connectivity index (χ1n) is 15.1. The lowest BCUT2D eigenvalue weighted by molar-refractivity contribution is -0.108. The molecular weight excluding hydrogens is 507 g/mol. The predicted molar refractivity (Wildman–Crippen MR) is 173 cm³/mol. The van der Waals surface area contributed by atoms with E-state index in [0.29, 0.717) is 6.42 Å². The lowest BCUT2D eigenvalue weighted by Crippen LogP contribution is -2.36. The van der Waals surface area contributed by atoms with Gasteiger partial charge in [0.05, 0.1) is 17.8 Å². The van der Waals surface area contributed by atoms with Crippen LogP contribution in [0.2, 0.25) is 0 Å². The van der Waals surface area contributed by atoms with Crippen LogP contribution < -0.4 is 26.3 Å². The Bertz CT molecular complexity index is 715. The highest BCUT2D eigenvalue weighted by Gasteiger charge is 2.20. The van der Waals surface area contributed by atoms with Crippen molar-refractivity contribution in [3.63, 3.8) is 0 Å². The van der Waals surface area contributed by atoms with Crippen molar-refractivity contribution >= 4 is 33.3 Å². The lowest BCUT2D eigenvalue weighted by atomic mass is 9.98. The van der Waals surface area contributed by atoms with E-state index in [-0.39, 0.29) is 12.1 Å². The van der Waals surface area contributed by atoms with E-state index >= 15 is 0 Å². The quantitative estimate of drug-likeness (QED) is 0.108. The molecule has 1 aromatic carbocycles. The minimum Gasteiger partial charge on any atom is -0.317 e. The number of benzene rings is 1. The third-order valence-corrected chi connectivity index (χ3v) is 6.82. The van der Waals surface area contributed by atoms with Crippen LogP contribution in [0.1, 0.15) is 98.1 Å². The monoisotopic (exact) mass is 568 g/mol. The summed E-state index contributed by atoms with van der Waals surface area (Å²) in [6.07, 6.45) is 7.39. The molecule has 1 aliphatic rings. The lowest BCUT2D eigenvalue weighted by Gasteiger charge is -2.33. The molecule has 0 amide bonds. The van der Waals surface area contributed by atoms with Crippen LogP contribution in [0.15, 0.2) is 12.1 Å². The fraction of sp³-hybridized carbons (Fsp3) is 0.742. The summed E-state index contributed by atoms with van der Waals surface area (Å²) in [6.45, 7) is 24.9. The summed E-state index contributed by atoms with van der Waals surface area (Å²) in [6, 6.07) is 4.59.